The van der Waals surface area contributed by atoms with E-state index in [9.17, 15) is 8.42 Å². The Labute approximate surface area is 138 Å². The Morgan fingerprint density at radius 1 is 1.17 bits per heavy atom. The van der Waals surface area contributed by atoms with Crippen molar-refractivity contribution in [3.63, 3.8) is 0 Å². The first-order valence-electron chi connectivity index (χ1n) is 7.80. The van der Waals surface area contributed by atoms with Crippen LogP contribution < -0.4 is 5.32 Å². The fraction of sp³-hybridized carbons (Fsp3) is 0.438. The molecule has 6 nitrogen and oxygen atoms in total. The Kier molecular flexibility index (Phi) is 5.92. The lowest BCUT2D eigenvalue weighted by Crippen LogP contribution is -2.30. The van der Waals surface area contributed by atoms with Crippen LogP contribution in [0.3, 0.4) is 0 Å². The van der Waals surface area contributed by atoms with E-state index in [1.165, 1.54) is 4.31 Å². The van der Waals surface area contributed by atoms with Crippen LogP contribution >= 0.6 is 0 Å². The van der Waals surface area contributed by atoms with Crippen LogP contribution in [0.2, 0.25) is 0 Å². The van der Waals surface area contributed by atoms with Gasteiger partial charge < -0.3 is 5.32 Å². The molecular weight excluding hydrogens is 312 g/mol. The van der Waals surface area contributed by atoms with Gasteiger partial charge in [0, 0.05) is 37.6 Å². The molecule has 23 heavy (non-hydrogen) atoms. The molecule has 0 bridgehead atoms. The van der Waals surface area contributed by atoms with Crippen LogP contribution in [0.25, 0.3) is 0 Å². The zero-order valence-electron chi connectivity index (χ0n) is 13.8. The molecule has 0 saturated heterocycles. The number of H-pyrrole nitrogens is 1. The second kappa shape index (κ2) is 7.72. The lowest BCUT2D eigenvalue weighted by molar-refractivity contribution is 0.445. The quantitative estimate of drug-likeness (QED) is 0.775. The van der Waals surface area contributed by atoms with Crippen molar-refractivity contribution in [3.8, 4) is 0 Å². The van der Waals surface area contributed by atoms with Gasteiger partial charge in [-0.3, -0.25) is 5.10 Å². The summed E-state index contributed by atoms with van der Waals surface area (Å²) in [5.74, 6) is 0. The zero-order chi connectivity index (χ0) is 16.9. The van der Waals surface area contributed by atoms with Crippen molar-refractivity contribution in [1.29, 1.82) is 0 Å². The van der Waals surface area contributed by atoms with Crippen molar-refractivity contribution >= 4 is 10.0 Å². The van der Waals surface area contributed by atoms with E-state index in [1.54, 1.807) is 18.3 Å². The molecule has 0 aliphatic heterocycles. The Hall–Kier alpha value is -1.70. The summed E-state index contributed by atoms with van der Waals surface area (Å²) in [6.07, 6.45) is 1.72. The largest absolute Gasteiger partial charge is 0.305 e. The van der Waals surface area contributed by atoms with Crippen LogP contribution in [0.15, 0.2) is 41.4 Å². The molecule has 0 radical (unpaired) electrons. The number of rotatable bonds is 8. The number of hydrogen-bond acceptors (Lipinski definition) is 4. The van der Waals surface area contributed by atoms with E-state index in [2.05, 4.69) is 15.5 Å². The van der Waals surface area contributed by atoms with Crippen LogP contribution in [0, 0.1) is 0 Å². The third-order valence-electron chi connectivity index (χ3n) is 3.88. The normalized spacial score (nSPS) is 13.4. The number of sulfonamides is 1. The summed E-state index contributed by atoms with van der Waals surface area (Å²) in [7, 11) is -3.39. The molecule has 1 unspecified atom stereocenters. The summed E-state index contributed by atoms with van der Waals surface area (Å²) in [6, 6.07) is 9.11. The molecule has 1 aromatic carbocycles. The average Bonchev–Trinajstić information content (AvgIpc) is 3.07. The van der Waals surface area contributed by atoms with Gasteiger partial charge in [0.2, 0.25) is 10.0 Å². The Morgan fingerprint density at radius 3 is 2.35 bits per heavy atom. The van der Waals surface area contributed by atoms with Gasteiger partial charge in [-0.25, -0.2) is 8.42 Å². The van der Waals surface area contributed by atoms with Gasteiger partial charge in [0.25, 0.3) is 0 Å². The molecule has 0 fully saturated rings. The minimum Gasteiger partial charge on any atom is -0.305 e. The van der Waals surface area contributed by atoms with E-state index in [0.717, 1.165) is 11.3 Å². The highest BCUT2D eigenvalue weighted by Crippen LogP contribution is 2.19. The van der Waals surface area contributed by atoms with Gasteiger partial charge in [0.05, 0.1) is 4.90 Å². The minimum absolute atomic E-state index is 0.114. The summed E-state index contributed by atoms with van der Waals surface area (Å²) < 4.78 is 26.4. The van der Waals surface area contributed by atoms with E-state index in [0.29, 0.717) is 24.5 Å². The first-order chi connectivity index (χ1) is 11.0. The van der Waals surface area contributed by atoms with E-state index in [1.807, 2.05) is 39.0 Å². The molecule has 0 aliphatic rings. The van der Waals surface area contributed by atoms with Crippen molar-refractivity contribution in [2.45, 2.75) is 38.3 Å². The molecule has 1 atom stereocenters. The summed E-state index contributed by atoms with van der Waals surface area (Å²) >= 11 is 0. The van der Waals surface area contributed by atoms with Gasteiger partial charge >= 0.3 is 0 Å². The first-order valence-corrected chi connectivity index (χ1v) is 9.24. The molecule has 0 spiro atoms. The number of aromatic amines is 1. The lowest BCUT2D eigenvalue weighted by atomic mass is 10.1. The third-order valence-corrected chi connectivity index (χ3v) is 5.94. The van der Waals surface area contributed by atoms with Crippen LogP contribution in [-0.4, -0.2) is 36.0 Å². The molecular formula is C16H24N4O2S. The second-order valence-corrected chi connectivity index (χ2v) is 7.28. The zero-order valence-corrected chi connectivity index (χ0v) is 14.6. The predicted molar refractivity (Wildman–Crippen MR) is 90.4 cm³/mol. The molecule has 2 rings (SSSR count). The Morgan fingerprint density at radius 2 is 1.83 bits per heavy atom. The monoisotopic (exact) mass is 336 g/mol. The molecule has 0 aliphatic carbocycles. The topological polar surface area (TPSA) is 78.1 Å². The smallest absolute Gasteiger partial charge is 0.243 e. The number of benzene rings is 1. The molecule has 0 saturated carbocycles. The van der Waals surface area contributed by atoms with Crippen LogP contribution in [0.1, 0.15) is 38.1 Å². The number of nitrogens with one attached hydrogen (secondary N) is 2. The molecule has 126 valence electrons. The van der Waals surface area contributed by atoms with Crippen molar-refractivity contribution in [2.24, 2.45) is 0 Å². The lowest BCUT2D eigenvalue weighted by Gasteiger charge is -2.19. The number of hydrogen-bond donors (Lipinski definition) is 2. The highest BCUT2D eigenvalue weighted by Gasteiger charge is 2.21. The minimum atomic E-state index is -3.39. The molecule has 2 N–H and O–H groups in total. The maximum atomic E-state index is 12.5. The molecule has 7 heteroatoms. The van der Waals surface area contributed by atoms with E-state index >= 15 is 0 Å². The van der Waals surface area contributed by atoms with E-state index in [-0.39, 0.29) is 6.04 Å². The van der Waals surface area contributed by atoms with Gasteiger partial charge in [0.15, 0.2) is 0 Å². The van der Waals surface area contributed by atoms with Crippen LogP contribution in [0.4, 0.5) is 0 Å². The maximum absolute atomic E-state index is 12.5. The van der Waals surface area contributed by atoms with E-state index < -0.39 is 10.0 Å². The van der Waals surface area contributed by atoms with Crippen LogP contribution in [-0.2, 0) is 16.6 Å². The van der Waals surface area contributed by atoms with Crippen molar-refractivity contribution in [2.75, 3.05) is 13.1 Å². The highest BCUT2D eigenvalue weighted by atomic mass is 32.2. The fourth-order valence-corrected chi connectivity index (χ4v) is 3.86. The highest BCUT2D eigenvalue weighted by molar-refractivity contribution is 7.89. The number of aromatic nitrogens is 2. The van der Waals surface area contributed by atoms with E-state index in [4.69, 9.17) is 0 Å². The standard InChI is InChI=1S/C16H24N4O2S/c1-4-20(5-2)23(21,22)16-8-6-14(7-9-16)13(3)17-12-15-10-11-18-19-15/h6-11,13,17H,4-5,12H2,1-3H3,(H,18,19). The SMILES string of the molecule is CCN(CC)S(=O)(=O)c1ccc(C(C)NCc2ccn[nH]2)cc1. The van der Waals surface area contributed by atoms with Gasteiger partial charge in [-0.15, -0.1) is 0 Å². The Bertz CT molecular complexity index is 692. The summed E-state index contributed by atoms with van der Waals surface area (Å²) in [6.45, 7) is 7.37. The van der Waals surface area contributed by atoms with Crippen molar-refractivity contribution in [3.05, 3.63) is 47.8 Å². The molecule has 1 aromatic heterocycles. The molecule has 2 aromatic rings. The van der Waals surface area contributed by atoms with Crippen LogP contribution in [0.5, 0.6) is 0 Å². The Balaban J connectivity index is 2.06. The van der Waals surface area contributed by atoms with Gasteiger partial charge in [-0.2, -0.15) is 9.40 Å². The van der Waals surface area contributed by atoms with Crippen molar-refractivity contribution < 1.29 is 8.42 Å². The van der Waals surface area contributed by atoms with Gasteiger partial charge in [-0.05, 0) is 30.7 Å². The average molecular weight is 336 g/mol. The van der Waals surface area contributed by atoms with Crippen molar-refractivity contribution in [1.82, 2.24) is 19.8 Å². The summed E-state index contributed by atoms with van der Waals surface area (Å²) in [5, 5.41) is 10.2. The fourth-order valence-electron chi connectivity index (χ4n) is 2.41. The molecule has 0 amide bonds. The predicted octanol–water partition coefficient (Wildman–Crippen LogP) is 2.29. The second-order valence-electron chi connectivity index (χ2n) is 5.34. The first kappa shape index (κ1) is 17.7. The summed E-state index contributed by atoms with van der Waals surface area (Å²) in [5.41, 5.74) is 2.06. The van der Waals surface area contributed by atoms with Gasteiger partial charge in [0.1, 0.15) is 0 Å². The number of nitrogens with zero attached hydrogens (tertiary/aromatic N) is 2. The molecule has 1 heterocycles. The van der Waals surface area contributed by atoms with Gasteiger partial charge in [-0.1, -0.05) is 26.0 Å². The third kappa shape index (κ3) is 4.19. The maximum Gasteiger partial charge on any atom is 0.243 e. The summed E-state index contributed by atoms with van der Waals surface area (Å²) in [4.78, 5) is 0.339.